The third-order valence-corrected chi connectivity index (χ3v) is 6.13. The minimum atomic E-state index is -0.250. The fourth-order valence-electron chi connectivity index (χ4n) is 3.57. The van der Waals surface area contributed by atoms with Crippen LogP contribution in [0.1, 0.15) is 5.69 Å². The molecule has 2 N–H and O–H groups in total. The highest BCUT2D eigenvalue weighted by atomic mass is 32.1. The van der Waals surface area contributed by atoms with E-state index in [0.717, 1.165) is 5.82 Å². The van der Waals surface area contributed by atoms with E-state index in [0.29, 0.717) is 54.2 Å². The highest BCUT2D eigenvalue weighted by molar-refractivity contribution is 7.13. The molecule has 0 saturated carbocycles. The summed E-state index contributed by atoms with van der Waals surface area (Å²) in [7, 11) is 3.09. The average Bonchev–Trinajstić information content (AvgIpc) is 3.30. The molecule has 178 valence electrons. The molecule has 3 heterocycles. The van der Waals surface area contributed by atoms with E-state index in [-0.39, 0.29) is 18.4 Å². The van der Waals surface area contributed by atoms with Crippen LogP contribution >= 0.6 is 11.3 Å². The summed E-state index contributed by atoms with van der Waals surface area (Å²) >= 11 is 1.29. The maximum atomic E-state index is 12.7. The molecule has 0 bridgehead atoms. The number of carbonyl (C=O) groups is 2. The molecule has 0 aliphatic carbocycles. The van der Waals surface area contributed by atoms with Gasteiger partial charge < -0.3 is 24.6 Å². The SMILES string of the molecule is COc1ccc(OC)c(NC(=O)Cc2csc(NC(=O)N3CCN(c4ccccn4)CC3)n2)c1. The van der Waals surface area contributed by atoms with E-state index in [1.165, 1.54) is 18.4 Å². The molecule has 11 heteroatoms. The van der Waals surface area contributed by atoms with E-state index in [2.05, 4.69) is 25.5 Å². The van der Waals surface area contributed by atoms with E-state index >= 15 is 0 Å². The average molecular weight is 483 g/mol. The van der Waals surface area contributed by atoms with Crippen LogP contribution in [0.5, 0.6) is 11.5 Å². The van der Waals surface area contributed by atoms with Crippen molar-refractivity contribution in [1.29, 1.82) is 0 Å². The van der Waals surface area contributed by atoms with Crippen molar-refractivity contribution in [2.75, 3.05) is 55.9 Å². The highest BCUT2D eigenvalue weighted by Gasteiger charge is 2.22. The molecular formula is C23H26N6O4S. The van der Waals surface area contributed by atoms with E-state index < -0.39 is 0 Å². The molecule has 1 fully saturated rings. The number of anilines is 3. The van der Waals surface area contributed by atoms with Gasteiger partial charge in [0.15, 0.2) is 5.13 Å². The van der Waals surface area contributed by atoms with Crippen LogP contribution in [0.3, 0.4) is 0 Å². The largest absolute Gasteiger partial charge is 0.497 e. The number of thiazole rings is 1. The summed E-state index contributed by atoms with van der Waals surface area (Å²) in [4.78, 5) is 37.8. The summed E-state index contributed by atoms with van der Waals surface area (Å²) in [6.07, 6.45) is 1.83. The number of amides is 3. The molecule has 3 aromatic rings. The van der Waals surface area contributed by atoms with Gasteiger partial charge in [0, 0.05) is 43.8 Å². The summed E-state index contributed by atoms with van der Waals surface area (Å²) in [5.41, 5.74) is 1.08. The van der Waals surface area contributed by atoms with Crippen LogP contribution in [0.4, 0.5) is 21.4 Å². The van der Waals surface area contributed by atoms with Crippen molar-refractivity contribution in [3.05, 3.63) is 53.7 Å². The number of pyridine rings is 1. The smallest absolute Gasteiger partial charge is 0.323 e. The molecule has 1 saturated heterocycles. The summed E-state index contributed by atoms with van der Waals surface area (Å²) in [6.45, 7) is 2.60. The van der Waals surface area contributed by atoms with E-state index in [9.17, 15) is 9.59 Å². The first-order valence-electron chi connectivity index (χ1n) is 10.7. The molecule has 0 unspecified atom stereocenters. The molecule has 4 rings (SSSR count). The van der Waals surface area contributed by atoms with Gasteiger partial charge in [-0.05, 0) is 24.3 Å². The topological polar surface area (TPSA) is 109 Å². The van der Waals surface area contributed by atoms with Crippen molar-refractivity contribution in [1.82, 2.24) is 14.9 Å². The molecule has 10 nitrogen and oxygen atoms in total. The first-order chi connectivity index (χ1) is 16.6. The van der Waals surface area contributed by atoms with Gasteiger partial charge in [0.2, 0.25) is 5.91 Å². The number of methoxy groups -OCH3 is 2. The van der Waals surface area contributed by atoms with Gasteiger partial charge in [-0.3, -0.25) is 10.1 Å². The van der Waals surface area contributed by atoms with Crippen molar-refractivity contribution in [3.63, 3.8) is 0 Å². The Morgan fingerprint density at radius 2 is 1.88 bits per heavy atom. The van der Waals surface area contributed by atoms with Crippen molar-refractivity contribution >= 4 is 39.9 Å². The molecule has 0 spiro atoms. The molecule has 0 radical (unpaired) electrons. The number of ether oxygens (including phenoxy) is 2. The van der Waals surface area contributed by atoms with Gasteiger partial charge in [-0.15, -0.1) is 11.3 Å². The molecular weight excluding hydrogens is 456 g/mol. The van der Waals surface area contributed by atoms with E-state index in [4.69, 9.17) is 9.47 Å². The first-order valence-corrected chi connectivity index (χ1v) is 11.6. The van der Waals surface area contributed by atoms with Gasteiger partial charge in [-0.2, -0.15) is 0 Å². The Morgan fingerprint density at radius 1 is 1.06 bits per heavy atom. The highest BCUT2D eigenvalue weighted by Crippen LogP contribution is 2.29. The molecule has 0 atom stereocenters. The van der Waals surface area contributed by atoms with E-state index in [1.807, 2.05) is 18.2 Å². The van der Waals surface area contributed by atoms with Gasteiger partial charge in [0.1, 0.15) is 17.3 Å². The molecule has 1 aliphatic rings. The lowest BCUT2D eigenvalue weighted by Crippen LogP contribution is -2.50. The normalized spacial score (nSPS) is 13.4. The first kappa shape index (κ1) is 23.3. The second kappa shape index (κ2) is 10.8. The lowest BCUT2D eigenvalue weighted by atomic mass is 10.2. The van der Waals surface area contributed by atoms with Crippen molar-refractivity contribution in [3.8, 4) is 11.5 Å². The Labute approximate surface area is 201 Å². The number of nitrogens with one attached hydrogen (secondary N) is 2. The Morgan fingerprint density at radius 3 is 2.59 bits per heavy atom. The van der Waals surface area contributed by atoms with Gasteiger partial charge >= 0.3 is 6.03 Å². The van der Waals surface area contributed by atoms with Crippen LogP contribution in [-0.2, 0) is 11.2 Å². The maximum Gasteiger partial charge on any atom is 0.323 e. The quantitative estimate of drug-likeness (QED) is 0.533. The number of aromatic nitrogens is 2. The van der Waals surface area contributed by atoms with Crippen LogP contribution in [0.15, 0.2) is 48.0 Å². The fourth-order valence-corrected chi connectivity index (χ4v) is 4.27. The Balaban J connectivity index is 1.28. The number of urea groups is 1. The van der Waals surface area contributed by atoms with Crippen molar-refractivity contribution in [2.24, 2.45) is 0 Å². The summed E-state index contributed by atoms with van der Waals surface area (Å²) in [5, 5.41) is 7.87. The second-order valence-corrected chi connectivity index (χ2v) is 8.39. The number of benzene rings is 1. The molecule has 2 aromatic heterocycles. The van der Waals surface area contributed by atoms with Gasteiger partial charge in [0.25, 0.3) is 0 Å². The minimum absolute atomic E-state index is 0.0650. The number of carbonyl (C=O) groups excluding carboxylic acids is 2. The number of rotatable bonds is 7. The number of piperazine rings is 1. The molecule has 34 heavy (non-hydrogen) atoms. The lowest BCUT2D eigenvalue weighted by Gasteiger charge is -2.35. The zero-order valence-corrected chi connectivity index (χ0v) is 19.8. The molecule has 3 amide bonds. The van der Waals surface area contributed by atoms with Crippen LogP contribution in [-0.4, -0.2) is 67.2 Å². The predicted octanol–water partition coefficient (Wildman–Crippen LogP) is 3.09. The predicted molar refractivity (Wildman–Crippen MR) is 131 cm³/mol. The second-order valence-electron chi connectivity index (χ2n) is 7.53. The minimum Gasteiger partial charge on any atom is -0.497 e. The van der Waals surface area contributed by atoms with Gasteiger partial charge in [-0.25, -0.2) is 14.8 Å². The zero-order chi connectivity index (χ0) is 23.9. The van der Waals surface area contributed by atoms with Gasteiger partial charge in [-0.1, -0.05) is 6.07 Å². The summed E-state index contributed by atoms with van der Waals surface area (Å²) in [5.74, 6) is 1.80. The van der Waals surface area contributed by atoms with Crippen LogP contribution in [0, 0.1) is 0 Å². The maximum absolute atomic E-state index is 12.7. The molecule has 1 aromatic carbocycles. The lowest BCUT2D eigenvalue weighted by molar-refractivity contribution is -0.115. The Bertz CT molecular complexity index is 1130. The fraction of sp³-hybridized carbons (Fsp3) is 0.304. The Hall–Kier alpha value is -3.86. The summed E-state index contributed by atoms with van der Waals surface area (Å²) in [6, 6.07) is 10.8. The standard InChI is InChI=1S/C23H26N6O4S/c1-32-17-6-7-19(33-2)18(14-17)26-21(30)13-16-15-34-22(25-16)27-23(31)29-11-9-28(10-12-29)20-5-3-4-8-24-20/h3-8,14-15H,9-13H2,1-2H3,(H,26,30)(H,25,27,31). The van der Waals surface area contributed by atoms with Crippen molar-refractivity contribution < 1.29 is 19.1 Å². The van der Waals surface area contributed by atoms with Crippen LogP contribution < -0.4 is 25.0 Å². The number of nitrogens with zero attached hydrogens (tertiary/aromatic N) is 4. The zero-order valence-electron chi connectivity index (χ0n) is 19.0. The van der Waals surface area contributed by atoms with Crippen LogP contribution in [0.25, 0.3) is 0 Å². The summed E-state index contributed by atoms with van der Waals surface area (Å²) < 4.78 is 10.5. The molecule has 1 aliphatic heterocycles. The number of hydrogen-bond acceptors (Lipinski definition) is 8. The van der Waals surface area contributed by atoms with Gasteiger partial charge in [0.05, 0.1) is 32.0 Å². The Kier molecular flexibility index (Phi) is 7.43. The monoisotopic (exact) mass is 482 g/mol. The van der Waals surface area contributed by atoms with Crippen LogP contribution in [0.2, 0.25) is 0 Å². The third kappa shape index (κ3) is 5.73. The third-order valence-electron chi connectivity index (χ3n) is 5.33. The van der Waals surface area contributed by atoms with E-state index in [1.54, 1.807) is 41.8 Å². The van der Waals surface area contributed by atoms with Crippen molar-refractivity contribution in [2.45, 2.75) is 6.42 Å². The number of hydrogen-bond donors (Lipinski definition) is 2.